The minimum atomic E-state index is 0.0237. The lowest BCUT2D eigenvalue weighted by molar-refractivity contribution is -0.121. The molecular weight excluding hydrogens is 298 g/mol. The van der Waals surface area contributed by atoms with Crippen molar-refractivity contribution in [2.45, 2.75) is 32.7 Å². The molecule has 0 spiro atoms. The molecule has 1 atom stereocenters. The third kappa shape index (κ3) is 3.48. The van der Waals surface area contributed by atoms with Gasteiger partial charge in [-0.05, 0) is 23.6 Å². The van der Waals surface area contributed by atoms with E-state index in [0.29, 0.717) is 19.0 Å². The first-order valence-corrected chi connectivity index (χ1v) is 8.44. The fourth-order valence-electron chi connectivity index (χ4n) is 2.94. The number of rotatable bonds is 6. The number of fused-ring (bicyclic) bond motifs is 1. The standard InChI is InChI=1S/C20H23N3O/c1-3-19-22-17-11-7-8-12-18(17)23(19)14-20(24)21-13-15(2)16-9-5-4-6-10-16/h4-12,15H,3,13-14H2,1-2H3,(H,21,24). The van der Waals surface area contributed by atoms with Gasteiger partial charge in [0.1, 0.15) is 12.4 Å². The van der Waals surface area contributed by atoms with E-state index in [-0.39, 0.29) is 5.91 Å². The van der Waals surface area contributed by atoms with Crippen molar-refractivity contribution in [3.8, 4) is 0 Å². The number of carbonyl (C=O) groups excluding carboxylic acids is 1. The van der Waals surface area contributed by atoms with E-state index in [0.717, 1.165) is 23.3 Å². The number of para-hydroxylation sites is 2. The monoisotopic (exact) mass is 321 g/mol. The predicted molar refractivity (Wildman–Crippen MR) is 97.0 cm³/mol. The van der Waals surface area contributed by atoms with Crippen molar-refractivity contribution < 1.29 is 4.79 Å². The van der Waals surface area contributed by atoms with E-state index in [4.69, 9.17) is 0 Å². The van der Waals surface area contributed by atoms with Crippen LogP contribution in [0.1, 0.15) is 31.2 Å². The average molecular weight is 321 g/mol. The van der Waals surface area contributed by atoms with Crippen molar-refractivity contribution in [2.75, 3.05) is 6.54 Å². The molecule has 4 nitrogen and oxygen atoms in total. The minimum absolute atomic E-state index is 0.0237. The number of amides is 1. The number of nitrogens with zero attached hydrogens (tertiary/aromatic N) is 2. The zero-order valence-corrected chi connectivity index (χ0v) is 14.2. The molecule has 1 aromatic heterocycles. The minimum Gasteiger partial charge on any atom is -0.354 e. The van der Waals surface area contributed by atoms with Gasteiger partial charge in [0.25, 0.3) is 0 Å². The second-order valence-electron chi connectivity index (χ2n) is 6.07. The van der Waals surface area contributed by atoms with Crippen molar-refractivity contribution in [1.29, 1.82) is 0 Å². The van der Waals surface area contributed by atoms with Crippen molar-refractivity contribution >= 4 is 16.9 Å². The highest BCUT2D eigenvalue weighted by Crippen LogP contribution is 2.17. The van der Waals surface area contributed by atoms with Crippen LogP contribution in [0.25, 0.3) is 11.0 Å². The SMILES string of the molecule is CCc1nc2ccccc2n1CC(=O)NCC(C)c1ccccc1. The number of hydrogen-bond acceptors (Lipinski definition) is 2. The van der Waals surface area contributed by atoms with Crippen LogP contribution in [0.3, 0.4) is 0 Å². The Morgan fingerprint density at radius 2 is 1.83 bits per heavy atom. The van der Waals surface area contributed by atoms with Crippen LogP contribution in [0, 0.1) is 0 Å². The van der Waals surface area contributed by atoms with Crippen molar-refractivity contribution in [3.63, 3.8) is 0 Å². The van der Waals surface area contributed by atoms with Crippen LogP contribution in [-0.2, 0) is 17.8 Å². The van der Waals surface area contributed by atoms with Gasteiger partial charge in [0.2, 0.25) is 5.91 Å². The van der Waals surface area contributed by atoms with E-state index in [9.17, 15) is 4.79 Å². The topological polar surface area (TPSA) is 46.9 Å². The van der Waals surface area contributed by atoms with E-state index in [1.165, 1.54) is 5.56 Å². The van der Waals surface area contributed by atoms with Crippen LogP contribution in [0.5, 0.6) is 0 Å². The van der Waals surface area contributed by atoms with Crippen LogP contribution < -0.4 is 5.32 Å². The molecule has 1 heterocycles. The number of carbonyl (C=O) groups is 1. The number of imidazole rings is 1. The maximum Gasteiger partial charge on any atom is 0.240 e. The first-order valence-electron chi connectivity index (χ1n) is 8.44. The van der Waals surface area contributed by atoms with E-state index in [2.05, 4.69) is 36.3 Å². The van der Waals surface area contributed by atoms with Crippen LogP contribution in [0.4, 0.5) is 0 Å². The van der Waals surface area contributed by atoms with Crippen molar-refractivity contribution in [1.82, 2.24) is 14.9 Å². The maximum atomic E-state index is 12.4. The quantitative estimate of drug-likeness (QED) is 0.755. The third-order valence-corrected chi connectivity index (χ3v) is 4.33. The first kappa shape index (κ1) is 16.2. The van der Waals surface area contributed by atoms with Gasteiger partial charge in [0.15, 0.2) is 0 Å². The zero-order valence-electron chi connectivity index (χ0n) is 14.2. The molecule has 0 aliphatic heterocycles. The summed E-state index contributed by atoms with van der Waals surface area (Å²) in [5, 5.41) is 3.05. The van der Waals surface area contributed by atoms with Gasteiger partial charge in [0, 0.05) is 13.0 Å². The van der Waals surface area contributed by atoms with Gasteiger partial charge in [-0.3, -0.25) is 4.79 Å². The van der Waals surface area contributed by atoms with Gasteiger partial charge in [-0.1, -0.05) is 56.3 Å². The number of benzene rings is 2. The molecule has 124 valence electrons. The molecule has 3 rings (SSSR count). The summed E-state index contributed by atoms with van der Waals surface area (Å²) in [7, 11) is 0. The Morgan fingerprint density at radius 1 is 1.12 bits per heavy atom. The van der Waals surface area contributed by atoms with E-state index in [1.807, 2.05) is 47.0 Å². The summed E-state index contributed by atoms with van der Waals surface area (Å²) >= 11 is 0. The normalized spacial score (nSPS) is 12.2. The summed E-state index contributed by atoms with van der Waals surface area (Å²) < 4.78 is 2.01. The van der Waals surface area contributed by atoms with Crippen LogP contribution in [0.15, 0.2) is 54.6 Å². The molecule has 4 heteroatoms. The van der Waals surface area contributed by atoms with Gasteiger partial charge in [-0.25, -0.2) is 4.98 Å². The highest BCUT2D eigenvalue weighted by molar-refractivity contribution is 5.81. The molecule has 1 amide bonds. The second kappa shape index (κ2) is 7.30. The van der Waals surface area contributed by atoms with Crippen molar-refractivity contribution in [2.24, 2.45) is 0 Å². The second-order valence-corrected chi connectivity index (χ2v) is 6.07. The summed E-state index contributed by atoms with van der Waals surface area (Å²) in [4.78, 5) is 17.0. The molecule has 1 N–H and O–H groups in total. The smallest absolute Gasteiger partial charge is 0.240 e. The van der Waals surface area contributed by atoms with Gasteiger partial charge in [-0.2, -0.15) is 0 Å². The Morgan fingerprint density at radius 3 is 2.58 bits per heavy atom. The maximum absolute atomic E-state index is 12.4. The average Bonchev–Trinajstić information content (AvgIpc) is 2.98. The summed E-state index contributed by atoms with van der Waals surface area (Å²) in [5.74, 6) is 1.26. The molecule has 3 aromatic rings. The third-order valence-electron chi connectivity index (χ3n) is 4.33. The Balaban J connectivity index is 1.67. The summed E-state index contributed by atoms with van der Waals surface area (Å²) in [6.07, 6.45) is 0.808. The molecule has 1 unspecified atom stereocenters. The van der Waals surface area contributed by atoms with E-state index >= 15 is 0 Å². The van der Waals surface area contributed by atoms with Crippen molar-refractivity contribution in [3.05, 3.63) is 66.0 Å². The van der Waals surface area contributed by atoms with Gasteiger partial charge >= 0.3 is 0 Å². The molecule has 0 aliphatic carbocycles. The molecule has 0 radical (unpaired) electrons. The predicted octanol–water partition coefficient (Wildman–Crippen LogP) is 3.52. The zero-order chi connectivity index (χ0) is 16.9. The molecule has 0 saturated heterocycles. The highest BCUT2D eigenvalue weighted by Gasteiger charge is 2.13. The Hall–Kier alpha value is -2.62. The van der Waals surface area contributed by atoms with Crippen LogP contribution >= 0.6 is 0 Å². The molecule has 0 fully saturated rings. The lowest BCUT2D eigenvalue weighted by atomic mass is 10.0. The highest BCUT2D eigenvalue weighted by atomic mass is 16.1. The summed E-state index contributed by atoms with van der Waals surface area (Å²) in [5.41, 5.74) is 3.19. The number of nitrogens with one attached hydrogen (secondary N) is 1. The number of hydrogen-bond donors (Lipinski definition) is 1. The summed E-state index contributed by atoms with van der Waals surface area (Å²) in [6.45, 7) is 5.13. The molecule has 0 saturated carbocycles. The molecular formula is C20H23N3O. The van der Waals surface area contributed by atoms with Gasteiger partial charge in [-0.15, -0.1) is 0 Å². The molecule has 2 aromatic carbocycles. The van der Waals surface area contributed by atoms with E-state index < -0.39 is 0 Å². The summed E-state index contributed by atoms with van der Waals surface area (Å²) in [6, 6.07) is 18.2. The fourth-order valence-corrected chi connectivity index (χ4v) is 2.94. The number of aromatic nitrogens is 2. The van der Waals surface area contributed by atoms with Gasteiger partial charge in [0.05, 0.1) is 11.0 Å². The lowest BCUT2D eigenvalue weighted by Gasteiger charge is -2.14. The lowest BCUT2D eigenvalue weighted by Crippen LogP contribution is -2.31. The molecule has 0 bridgehead atoms. The largest absolute Gasteiger partial charge is 0.354 e. The fraction of sp³-hybridized carbons (Fsp3) is 0.300. The Bertz CT molecular complexity index is 823. The van der Waals surface area contributed by atoms with E-state index in [1.54, 1.807) is 0 Å². The molecule has 0 aliphatic rings. The van der Waals surface area contributed by atoms with Crippen LogP contribution in [0.2, 0.25) is 0 Å². The Labute approximate surface area is 142 Å². The van der Waals surface area contributed by atoms with Gasteiger partial charge < -0.3 is 9.88 Å². The molecule has 24 heavy (non-hydrogen) atoms. The first-order chi connectivity index (χ1) is 11.7. The van der Waals surface area contributed by atoms with Crippen LogP contribution in [-0.4, -0.2) is 22.0 Å². The number of aryl methyl sites for hydroxylation is 1. The Kier molecular flexibility index (Phi) is 4.94.